The lowest BCUT2D eigenvalue weighted by atomic mass is 10.1. The topological polar surface area (TPSA) is 93.9 Å². The van der Waals surface area contributed by atoms with Crippen LogP contribution in [0, 0.1) is 6.92 Å². The summed E-state index contributed by atoms with van der Waals surface area (Å²) in [4.78, 5) is 51.7. The van der Waals surface area contributed by atoms with Gasteiger partial charge in [-0.25, -0.2) is 9.59 Å². The average molecular weight is 452 g/mol. The highest BCUT2D eigenvalue weighted by Crippen LogP contribution is 2.27. The summed E-state index contributed by atoms with van der Waals surface area (Å²) in [5.41, 5.74) is 1.84. The molecule has 164 valence electrons. The number of esters is 1. The Hall–Kier alpha value is -3.39. The van der Waals surface area contributed by atoms with Crippen molar-refractivity contribution in [3.8, 4) is 0 Å². The molecule has 0 aliphatic carbocycles. The van der Waals surface area contributed by atoms with Crippen molar-refractivity contribution in [2.45, 2.75) is 26.0 Å². The van der Waals surface area contributed by atoms with E-state index in [0.29, 0.717) is 22.3 Å². The molecule has 2 amide bonds. The van der Waals surface area contributed by atoms with Crippen molar-refractivity contribution in [1.29, 1.82) is 0 Å². The van der Waals surface area contributed by atoms with Crippen LogP contribution in [0.3, 0.4) is 0 Å². The molecule has 8 heteroatoms. The van der Waals surface area contributed by atoms with E-state index in [4.69, 9.17) is 9.15 Å². The molecule has 2 aromatic carbocycles. The van der Waals surface area contributed by atoms with E-state index in [9.17, 15) is 19.2 Å². The molecular weight excluding hydrogens is 430 g/mol. The van der Waals surface area contributed by atoms with Gasteiger partial charge in [0.2, 0.25) is 0 Å². The van der Waals surface area contributed by atoms with Crippen LogP contribution in [0.1, 0.15) is 38.3 Å². The van der Waals surface area contributed by atoms with E-state index in [1.54, 1.807) is 36.4 Å². The quantitative estimate of drug-likeness (QED) is 0.308. The van der Waals surface area contributed by atoms with Gasteiger partial charge in [-0.05, 0) is 49.1 Å². The first kappa shape index (κ1) is 21.8. The van der Waals surface area contributed by atoms with Gasteiger partial charge in [0.15, 0.2) is 0 Å². The summed E-state index contributed by atoms with van der Waals surface area (Å²) in [6.07, 6.45) is 2.14. The number of fused-ring (bicyclic) bond motifs is 2. The van der Waals surface area contributed by atoms with Crippen LogP contribution < -0.4 is 5.63 Å². The fraction of sp³-hybridized carbons (Fsp3) is 0.250. The van der Waals surface area contributed by atoms with Crippen molar-refractivity contribution in [3.63, 3.8) is 0 Å². The van der Waals surface area contributed by atoms with Crippen LogP contribution in [0.4, 0.5) is 0 Å². The zero-order valence-electron chi connectivity index (χ0n) is 17.6. The number of hydrogen-bond donors (Lipinski definition) is 0. The number of carbonyl (C=O) groups excluding carboxylic acids is 3. The maximum absolute atomic E-state index is 13.0. The van der Waals surface area contributed by atoms with Crippen LogP contribution in [0.25, 0.3) is 11.0 Å². The van der Waals surface area contributed by atoms with Crippen molar-refractivity contribution < 1.29 is 23.5 Å². The van der Waals surface area contributed by atoms with Crippen molar-refractivity contribution in [3.05, 3.63) is 81.2 Å². The Morgan fingerprint density at radius 2 is 1.75 bits per heavy atom. The van der Waals surface area contributed by atoms with E-state index in [0.717, 1.165) is 10.5 Å². The molecule has 32 heavy (non-hydrogen) atoms. The summed E-state index contributed by atoms with van der Waals surface area (Å²) >= 11 is 1.50. The second kappa shape index (κ2) is 9.00. The van der Waals surface area contributed by atoms with Gasteiger partial charge >= 0.3 is 11.6 Å². The van der Waals surface area contributed by atoms with E-state index in [1.807, 2.05) is 19.2 Å². The van der Waals surface area contributed by atoms with Crippen LogP contribution in [0.2, 0.25) is 0 Å². The minimum atomic E-state index is -1.05. The second-order valence-electron chi connectivity index (χ2n) is 7.52. The Morgan fingerprint density at radius 3 is 2.41 bits per heavy atom. The third kappa shape index (κ3) is 4.05. The molecule has 3 aromatic rings. The Labute approximate surface area is 188 Å². The Morgan fingerprint density at radius 1 is 1.06 bits per heavy atom. The number of benzene rings is 2. The Kier molecular flexibility index (Phi) is 6.14. The smallest absolute Gasteiger partial charge is 0.336 e. The van der Waals surface area contributed by atoms with E-state index < -0.39 is 29.5 Å². The minimum Gasteiger partial charge on any atom is -0.459 e. The number of carbonyl (C=O) groups is 3. The summed E-state index contributed by atoms with van der Waals surface area (Å²) in [5, 5.41) is 0.657. The lowest BCUT2D eigenvalue weighted by Gasteiger charge is -2.24. The monoisotopic (exact) mass is 451 g/mol. The summed E-state index contributed by atoms with van der Waals surface area (Å²) in [7, 11) is 0. The van der Waals surface area contributed by atoms with Crippen LogP contribution in [0.15, 0.2) is 57.7 Å². The third-order valence-corrected chi connectivity index (χ3v) is 6.00. The largest absolute Gasteiger partial charge is 0.459 e. The molecule has 1 aliphatic heterocycles. The molecule has 0 unspecified atom stereocenters. The second-order valence-corrected chi connectivity index (χ2v) is 8.51. The zero-order chi connectivity index (χ0) is 22.8. The average Bonchev–Trinajstić information content (AvgIpc) is 3.02. The molecule has 0 fully saturated rings. The molecular formula is C24H21NO6S. The first-order chi connectivity index (χ1) is 15.4. The van der Waals surface area contributed by atoms with E-state index in [-0.39, 0.29) is 24.2 Å². The number of amides is 2. The molecule has 0 N–H and O–H groups in total. The molecule has 0 radical (unpaired) electrons. The van der Waals surface area contributed by atoms with Gasteiger partial charge in [-0.3, -0.25) is 14.5 Å². The van der Waals surface area contributed by atoms with Gasteiger partial charge in [-0.2, -0.15) is 11.8 Å². The Balaban J connectivity index is 1.59. The van der Waals surface area contributed by atoms with Gasteiger partial charge in [0, 0.05) is 17.0 Å². The summed E-state index contributed by atoms with van der Waals surface area (Å²) in [6, 6.07) is 12.1. The molecule has 1 atom stereocenters. The number of rotatable bonds is 7. The van der Waals surface area contributed by atoms with Gasteiger partial charge < -0.3 is 9.15 Å². The lowest BCUT2D eigenvalue weighted by molar-refractivity contribution is -0.149. The van der Waals surface area contributed by atoms with Crippen LogP contribution in [-0.2, 0) is 16.1 Å². The molecule has 0 saturated carbocycles. The van der Waals surface area contributed by atoms with Gasteiger partial charge in [0.1, 0.15) is 18.2 Å². The highest BCUT2D eigenvalue weighted by Gasteiger charge is 2.43. The van der Waals surface area contributed by atoms with Crippen LogP contribution in [-0.4, -0.2) is 40.7 Å². The zero-order valence-corrected chi connectivity index (χ0v) is 18.4. The predicted octanol–water partition coefficient (Wildman–Crippen LogP) is 3.56. The number of nitrogens with zero attached hydrogens (tertiary/aromatic N) is 1. The maximum atomic E-state index is 13.0. The van der Waals surface area contributed by atoms with E-state index in [2.05, 4.69) is 0 Å². The molecule has 2 heterocycles. The summed E-state index contributed by atoms with van der Waals surface area (Å²) < 4.78 is 10.8. The number of thioether (sulfide) groups is 1. The van der Waals surface area contributed by atoms with Crippen LogP contribution in [0.5, 0.6) is 0 Å². The predicted molar refractivity (Wildman–Crippen MR) is 121 cm³/mol. The fourth-order valence-corrected chi connectivity index (χ4v) is 4.23. The summed E-state index contributed by atoms with van der Waals surface area (Å²) in [5.74, 6) is -1.14. The van der Waals surface area contributed by atoms with Crippen molar-refractivity contribution in [1.82, 2.24) is 4.90 Å². The summed E-state index contributed by atoms with van der Waals surface area (Å²) in [6.45, 7) is 1.70. The normalized spacial score (nSPS) is 14.0. The SMILES string of the molecule is CSCC[C@H](C(=O)OCc1cc(=O)oc2cc(C)ccc12)N1C(=O)c2ccccc2C1=O. The van der Waals surface area contributed by atoms with Crippen molar-refractivity contribution >= 4 is 40.5 Å². The molecule has 7 nitrogen and oxygen atoms in total. The molecule has 1 aromatic heterocycles. The van der Waals surface area contributed by atoms with Gasteiger partial charge in [0.25, 0.3) is 11.8 Å². The van der Waals surface area contributed by atoms with Crippen LogP contribution >= 0.6 is 11.8 Å². The highest BCUT2D eigenvalue weighted by atomic mass is 32.2. The molecule has 4 rings (SSSR count). The van der Waals surface area contributed by atoms with Gasteiger partial charge in [0.05, 0.1) is 11.1 Å². The fourth-order valence-electron chi connectivity index (χ4n) is 3.77. The van der Waals surface area contributed by atoms with E-state index >= 15 is 0 Å². The molecule has 1 aliphatic rings. The molecule has 0 bridgehead atoms. The molecule has 0 spiro atoms. The first-order valence-corrected chi connectivity index (χ1v) is 11.5. The standard InChI is InChI=1S/C24H21NO6S/c1-14-7-8-16-15(12-21(26)31-20(16)11-14)13-30-24(29)19(9-10-32-2)25-22(27)17-5-3-4-6-18(17)23(25)28/h3-8,11-12,19H,9-10,13H2,1-2H3/t19-/m1/s1. The maximum Gasteiger partial charge on any atom is 0.336 e. The first-order valence-electron chi connectivity index (χ1n) is 10.1. The highest BCUT2D eigenvalue weighted by molar-refractivity contribution is 7.98. The van der Waals surface area contributed by atoms with Crippen molar-refractivity contribution in [2.75, 3.05) is 12.0 Å². The number of ether oxygens (including phenoxy) is 1. The third-order valence-electron chi connectivity index (χ3n) is 5.36. The lowest BCUT2D eigenvalue weighted by Crippen LogP contribution is -2.46. The minimum absolute atomic E-state index is 0.178. The number of imide groups is 1. The van der Waals surface area contributed by atoms with Gasteiger partial charge in [-0.1, -0.05) is 24.3 Å². The molecule has 0 saturated heterocycles. The van der Waals surface area contributed by atoms with Gasteiger partial charge in [-0.15, -0.1) is 0 Å². The van der Waals surface area contributed by atoms with Crippen molar-refractivity contribution in [2.24, 2.45) is 0 Å². The van der Waals surface area contributed by atoms with E-state index in [1.165, 1.54) is 17.8 Å². The Bertz CT molecular complexity index is 1250. The number of aryl methyl sites for hydroxylation is 1. The number of hydrogen-bond acceptors (Lipinski definition) is 7.